The van der Waals surface area contributed by atoms with E-state index < -0.39 is 5.91 Å². The van der Waals surface area contributed by atoms with Gasteiger partial charge in [0.2, 0.25) is 0 Å². The summed E-state index contributed by atoms with van der Waals surface area (Å²) in [5, 5.41) is 23.6. The lowest BCUT2D eigenvalue weighted by Gasteiger charge is -2.09. The van der Waals surface area contributed by atoms with Crippen LogP contribution < -0.4 is 10.2 Å². The fourth-order valence-electron chi connectivity index (χ4n) is 1.82. The largest absolute Gasteiger partial charge is 0.508 e. The lowest BCUT2D eigenvalue weighted by Crippen LogP contribution is -2.25. The molecule has 0 atom stereocenters. The third-order valence-corrected chi connectivity index (χ3v) is 4.07. The van der Waals surface area contributed by atoms with Crippen LogP contribution in [0.25, 0.3) is 0 Å². The van der Waals surface area contributed by atoms with Crippen molar-refractivity contribution in [3.63, 3.8) is 0 Å². The quantitative estimate of drug-likeness (QED) is 0.400. The van der Waals surface area contributed by atoms with Gasteiger partial charge in [0.15, 0.2) is 6.61 Å². The van der Waals surface area contributed by atoms with E-state index >= 15 is 0 Å². The topological polar surface area (TPSA) is 91.2 Å². The molecule has 0 saturated carbocycles. The molecule has 0 fully saturated rings. The highest BCUT2D eigenvalue weighted by atomic mass is 35.5. The zero-order valence-corrected chi connectivity index (χ0v) is 15.2. The van der Waals surface area contributed by atoms with Gasteiger partial charge < -0.3 is 14.9 Å². The molecular formula is C16H13Cl3N2O4. The average molecular weight is 404 g/mol. The second-order valence-electron chi connectivity index (χ2n) is 4.92. The van der Waals surface area contributed by atoms with Gasteiger partial charge in [-0.15, -0.1) is 0 Å². The molecule has 132 valence electrons. The number of benzene rings is 2. The van der Waals surface area contributed by atoms with Crippen LogP contribution in [0.1, 0.15) is 12.5 Å². The van der Waals surface area contributed by atoms with Gasteiger partial charge in [0.25, 0.3) is 5.91 Å². The summed E-state index contributed by atoms with van der Waals surface area (Å²) in [5.41, 5.74) is 3.00. The Morgan fingerprint density at radius 1 is 1.12 bits per heavy atom. The summed E-state index contributed by atoms with van der Waals surface area (Å²) in [6.45, 7) is 1.24. The molecule has 9 heteroatoms. The molecule has 6 nitrogen and oxygen atoms in total. The minimum Gasteiger partial charge on any atom is -0.508 e. The van der Waals surface area contributed by atoms with Gasteiger partial charge in [-0.05, 0) is 25.1 Å². The third kappa shape index (κ3) is 5.16. The molecule has 2 aromatic carbocycles. The molecule has 0 radical (unpaired) electrons. The molecule has 3 N–H and O–H groups in total. The number of hydrogen-bond acceptors (Lipinski definition) is 5. The van der Waals surface area contributed by atoms with Crippen molar-refractivity contribution in [2.75, 3.05) is 6.61 Å². The van der Waals surface area contributed by atoms with E-state index in [-0.39, 0.29) is 38.9 Å². The van der Waals surface area contributed by atoms with E-state index in [1.807, 2.05) is 0 Å². The minimum atomic E-state index is -0.542. The van der Waals surface area contributed by atoms with Crippen molar-refractivity contribution in [1.82, 2.24) is 5.43 Å². The number of nitrogens with one attached hydrogen (secondary N) is 1. The summed E-state index contributed by atoms with van der Waals surface area (Å²) >= 11 is 17.6. The number of hydrogen-bond donors (Lipinski definition) is 3. The summed E-state index contributed by atoms with van der Waals surface area (Å²) in [6, 6.07) is 6.86. The van der Waals surface area contributed by atoms with Crippen molar-refractivity contribution in [3.8, 4) is 17.2 Å². The Hall–Kier alpha value is -2.15. The van der Waals surface area contributed by atoms with Crippen molar-refractivity contribution in [2.24, 2.45) is 5.10 Å². The summed E-state index contributed by atoms with van der Waals surface area (Å²) in [7, 11) is 0. The Morgan fingerprint density at radius 2 is 1.80 bits per heavy atom. The summed E-state index contributed by atoms with van der Waals surface area (Å²) < 4.78 is 5.27. The zero-order chi connectivity index (χ0) is 18.6. The van der Waals surface area contributed by atoms with Gasteiger partial charge in [-0.1, -0.05) is 34.8 Å². The van der Waals surface area contributed by atoms with Crippen LogP contribution in [0.4, 0.5) is 0 Å². The highest BCUT2D eigenvalue weighted by molar-refractivity contribution is 6.43. The maximum Gasteiger partial charge on any atom is 0.277 e. The highest BCUT2D eigenvalue weighted by Crippen LogP contribution is 2.33. The van der Waals surface area contributed by atoms with Crippen molar-refractivity contribution in [3.05, 3.63) is 51.0 Å². The molecule has 0 aliphatic carbocycles. The summed E-state index contributed by atoms with van der Waals surface area (Å²) in [6.07, 6.45) is 0. The van der Waals surface area contributed by atoms with E-state index in [9.17, 15) is 15.0 Å². The first-order chi connectivity index (χ1) is 11.8. The van der Waals surface area contributed by atoms with Gasteiger partial charge in [-0.25, -0.2) is 5.43 Å². The van der Waals surface area contributed by atoms with E-state index in [2.05, 4.69) is 10.5 Å². The Balaban J connectivity index is 1.97. The average Bonchev–Trinajstić information content (AvgIpc) is 2.54. The lowest BCUT2D eigenvalue weighted by atomic mass is 10.1. The van der Waals surface area contributed by atoms with Crippen molar-refractivity contribution >= 4 is 46.4 Å². The number of amides is 1. The number of hydrazone groups is 1. The van der Waals surface area contributed by atoms with Gasteiger partial charge in [0.05, 0.1) is 20.8 Å². The number of carbonyl (C=O) groups is 1. The van der Waals surface area contributed by atoms with E-state index in [1.54, 1.807) is 6.92 Å². The number of phenolic OH excluding ortho intramolecular Hbond substituents is 2. The number of carbonyl (C=O) groups excluding carboxylic acids is 1. The van der Waals surface area contributed by atoms with E-state index in [4.69, 9.17) is 39.5 Å². The van der Waals surface area contributed by atoms with E-state index in [0.717, 1.165) is 0 Å². The van der Waals surface area contributed by atoms with Crippen LogP contribution in [0.5, 0.6) is 17.2 Å². The standard InChI is InChI=1S/C16H13Cl3N2O4/c1-8(10-3-2-9(22)4-14(10)23)20-21-16(24)7-25-15-6-12(18)11(17)5-13(15)19/h2-6,22-23H,7H2,1H3,(H,21,24). The number of ether oxygens (including phenoxy) is 1. The normalized spacial score (nSPS) is 11.3. The van der Waals surface area contributed by atoms with E-state index in [1.165, 1.54) is 30.3 Å². The maximum absolute atomic E-state index is 11.8. The molecule has 2 rings (SSSR count). The molecular weight excluding hydrogens is 391 g/mol. The zero-order valence-electron chi connectivity index (χ0n) is 12.9. The van der Waals surface area contributed by atoms with E-state index in [0.29, 0.717) is 11.3 Å². The molecule has 0 spiro atoms. The fourth-order valence-corrected chi connectivity index (χ4v) is 2.41. The first-order valence-corrected chi connectivity index (χ1v) is 8.04. The number of halogens is 3. The number of rotatable bonds is 5. The number of phenols is 2. The SMILES string of the molecule is CC(=NNC(=O)COc1cc(Cl)c(Cl)cc1Cl)c1ccc(O)cc1O. The monoisotopic (exact) mass is 402 g/mol. The second-order valence-corrected chi connectivity index (χ2v) is 6.14. The number of aromatic hydroxyl groups is 2. The molecule has 0 unspecified atom stereocenters. The summed E-state index contributed by atoms with van der Waals surface area (Å²) in [4.78, 5) is 11.8. The van der Waals surface area contributed by atoms with Crippen LogP contribution in [0.15, 0.2) is 35.4 Å². The fraction of sp³-hybridized carbons (Fsp3) is 0.125. The van der Waals surface area contributed by atoms with Crippen LogP contribution in [-0.4, -0.2) is 28.4 Å². The Bertz CT molecular complexity index is 840. The van der Waals surface area contributed by atoms with Gasteiger partial charge in [0, 0.05) is 17.7 Å². The molecule has 25 heavy (non-hydrogen) atoms. The van der Waals surface area contributed by atoms with Gasteiger partial charge in [0.1, 0.15) is 17.2 Å². The molecule has 2 aromatic rings. The van der Waals surface area contributed by atoms with Crippen molar-refractivity contribution in [2.45, 2.75) is 6.92 Å². The molecule has 0 heterocycles. The van der Waals surface area contributed by atoms with Gasteiger partial charge in [-0.3, -0.25) is 4.79 Å². The molecule has 0 aliphatic heterocycles. The van der Waals surface area contributed by atoms with Crippen LogP contribution in [0, 0.1) is 0 Å². The second kappa shape index (κ2) is 8.29. The smallest absolute Gasteiger partial charge is 0.277 e. The van der Waals surface area contributed by atoms with Crippen LogP contribution in [0.3, 0.4) is 0 Å². The lowest BCUT2D eigenvalue weighted by molar-refractivity contribution is -0.123. The Kier molecular flexibility index (Phi) is 6.36. The predicted molar refractivity (Wildman–Crippen MR) is 97.1 cm³/mol. The highest BCUT2D eigenvalue weighted by Gasteiger charge is 2.10. The van der Waals surface area contributed by atoms with Crippen molar-refractivity contribution in [1.29, 1.82) is 0 Å². The van der Waals surface area contributed by atoms with Crippen LogP contribution in [-0.2, 0) is 4.79 Å². The predicted octanol–water partition coefficient (Wildman–Crippen LogP) is 3.98. The minimum absolute atomic E-state index is 0.0787. The molecule has 1 amide bonds. The molecule has 0 aliphatic rings. The third-order valence-electron chi connectivity index (χ3n) is 3.05. The van der Waals surface area contributed by atoms with Gasteiger partial charge >= 0.3 is 0 Å². The number of nitrogens with zero attached hydrogens (tertiary/aromatic N) is 1. The maximum atomic E-state index is 11.8. The van der Waals surface area contributed by atoms with Crippen molar-refractivity contribution < 1.29 is 19.7 Å². The molecule has 0 saturated heterocycles. The first-order valence-electron chi connectivity index (χ1n) is 6.90. The van der Waals surface area contributed by atoms with Crippen LogP contribution >= 0.6 is 34.8 Å². The Labute approximate surface area is 158 Å². The molecule has 0 aromatic heterocycles. The van der Waals surface area contributed by atoms with Crippen LogP contribution in [0.2, 0.25) is 15.1 Å². The molecule has 0 bridgehead atoms. The Morgan fingerprint density at radius 3 is 2.48 bits per heavy atom. The summed E-state index contributed by atoms with van der Waals surface area (Å²) in [5.74, 6) is -0.567. The van der Waals surface area contributed by atoms with Gasteiger partial charge in [-0.2, -0.15) is 5.10 Å². The first kappa shape index (κ1) is 19.2.